The van der Waals surface area contributed by atoms with Gasteiger partial charge in [-0.2, -0.15) is 5.26 Å². The van der Waals surface area contributed by atoms with Gasteiger partial charge in [0.1, 0.15) is 6.07 Å². The van der Waals surface area contributed by atoms with Crippen molar-refractivity contribution in [2.45, 2.75) is 24.8 Å². The quantitative estimate of drug-likeness (QED) is 0.697. The molecule has 1 fully saturated rings. The molecule has 0 unspecified atom stereocenters. The van der Waals surface area contributed by atoms with E-state index in [0.29, 0.717) is 35.0 Å². The second-order valence-electron chi connectivity index (χ2n) is 6.15. The Balaban J connectivity index is 1.49. The van der Waals surface area contributed by atoms with E-state index in [1.165, 1.54) is 5.56 Å². The van der Waals surface area contributed by atoms with E-state index in [0.717, 1.165) is 12.0 Å². The van der Waals surface area contributed by atoms with Gasteiger partial charge in [-0.3, -0.25) is 0 Å². The van der Waals surface area contributed by atoms with Crippen LogP contribution in [-0.2, 0) is 6.54 Å². The highest BCUT2D eigenvalue weighted by atomic mass is 35.5. The topological polar surface area (TPSA) is 61.9 Å². The highest BCUT2D eigenvalue weighted by Crippen LogP contribution is 2.54. The molecule has 2 atom stereocenters. The summed E-state index contributed by atoms with van der Waals surface area (Å²) in [6.45, 7) is 0.482. The van der Waals surface area contributed by atoms with Gasteiger partial charge in [-0.05, 0) is 29.5 Å². The smallest absolute Gasteiger partial charge is 0.232 e. The number of nitrogens with zero attached hydrogens (tertiary/aromatic N) is 2. The Bertz CT molecular complexity index is 930. The molecule has 1 aromatic heterocycles. The Kier molecular flexibility index (Phi) is 4.17. The monoisotopic (exact) mass is 349 g/mol. The standard InChI is InChI=1S/C20H16ClN3O/c21-17-9-5-4-8-14(17)12-23-20-18(11-22)24-19(25-20)16-10-15(16)13-6-2-1-3-7-13/h1-9,15-16,23H,10,12H2/t15-,16+/m1/s1. The lowest BCUT2D eigenvalue weighted by Crippen LogP contribution is -2.00. The minimum atomic E-state index is 0.241. The van der Waals surface area contributed by atoms with Crippen molar-refractivity contribution in [3.8, 4) is 6.07 Å². The van der Waals surface area contributed by atoms with Crippen LogP contribution in [0.3, 0.4) is 0 Å². The number of anilines is 1. The van der Waals surface area contributed by atoms with Gasteiger partial charge in [0.05, 0.1) is 0 Å². The van der Waals surface area contributed by atoms with Gasteiger partial charge in [0, 0.05) is 17.5 Å². The molecule has 1 saturated carbocycles. The summed E-state index contributed by atoms with van der Waals surface area (Å²) >= 11 is 6.17. The number of hydrogen-bond donors (Lipinski definition) is 1. The number of aromatic nitrogens is 1. The molecule has 0 aliphatic heterocycles. The number of nitrogens with one attached hydrogen (secondary N) is 1. The molecule has 5 heteroatoms. The Morgan fingerprint density at radius 2 is 1.88 bits per heavy atom. The number of halogens is 1. The second-order valence-corrected chi connectivity index (χ2v) is 6.55. The van der Waals surface area contributed by atoms with Crippen LogP contribution in [0.5, 0.6) is 0 Å². The minimum Gasteiger partial charge on any atom is -0.424 e. The summed E-state index contributed by atoms with van der Waals surface area (Å²) in [5.74, 6) is 1.70. The minimum absolute atomic E-state index is 0.241. The highest BCUT2D eigenvalue weighted by Gasteiger charge is 2.43. The van der Waals surface area contributed by atoms with Gasteiger partial charge in [-0.15, -0.1) is 0 Å². The summed E-state index contributed by atoms with van der Waals surface area (Å²) in [6, 6.07) is 20.0. The van der Waals surface area contributed by atoms with Crippen molar-refractivity contribution in [3.05, 3.63) is 82.3 Å². The van der Waals surface area contributed by atoms with Crippen LogP contribution in [0.1, 0.15) is 41.0 Å². The molecule has 0 amide bonds. The van der Waals surface area contributed by atoms with Crippen LogP contribution in [0, 0.1) is 11.3 Å². The van der Waals surface area contributed by atoms with Gasteiger partial charge in [0.2, 0.25) is 17.5 Å². The van der Waals surface area contributed by atoms with E-state index in [-0.39, 0.29) is 5.92 Å². The van der Waals surface area contributed by atoms with Crippen molar-refractivity contribution in [3.63, 3.8) is 0 Å². The summed E-state index contributed by atoms with van der Waals surface area (Å²) in [5, 5.41) is 13.2. The summed E-state index contributed by atoms with van der Waals surface area (Å²) in [5.41, 5.74) is 2.52. The van der Waals surface area contributed by atoms with Crippen molar-refractivity contribution in [1.82, 2.24) is 4.98 Å². The van der Waals surface area contributed by atoms with Crippen LogP contribution >= 0.6 is 11.6 Å². The fourth-order valence-corrected chi connectivity index (χ4v) is 3.25. The second kappa shape index (κ2) is 6.62. The van der Waals surface area contributed by atoms with E-state index in [9.17, 15) is 5.26 Å². The van der Waals surface area contributed by atoms with Crippen molar-refractivity contribution in [2.24, 2.45) is 0 Å². The van der Waals surface area contributed by atoms with Gasteiger partial charge in [-0.1, -0.05) is 60.1 Å². The molecular formula is C20H16ClN3O. The zero-order chi connectivity index (χ0) is 17.2. The third kappa shape index (κ3) is 3.24. The number of nitriles is 1. The molecule has 4 nitrogen and oxygen atoms in total. The van der Waals surface area contributed by atoms with Crippen molar-refractivity contribution in [2.75, 3.05) is 5.32 Å². The fourth-order valence-electron chi connectivity index (χ4n) is 3.04. The molecule has 1 aliphatic carbocycles. The maximum atomic E-state index is 9.33. The maximum Gasteiger partial charge on any atom is 0.232 e. The lowest BCUT2D eigenvalue weighted by molar-refractivity contribution is 0.505. The molecule has 1 N–H and O–H groups in total. The van der Waals surface area contributed by atoms with E-state index < -0.39 is 0 Å². The molecule has 0 bridgehead atoms. The molecule has 4 rings (SSSR count). The Morgan fingerprint density at radius 1 is 1.12 bits per heavy atom. The summed E-state index contributed by atoms with van der Waals surface area (Å²) in [4.78, 5) is 4.38. The lowest BCUT2D eigenvalue weighted by atomic mass is 10.1. The average Bonchev–Trinajstić information content (AvgIpc) is 3.35. The van der Waals surface area contributed by atoms with Gasteiger partial charge < -0.3 is 9.73 Å². The van der Waals surface area contributed by atoms with Crippen LogP contribution < -0.4 is 5.32 Å². The zero-order valence-electron chi connectivity index (χ0n) is 13.4. The first kappa shape index (κ1) is 15.7. The SMILES string of the molecule is N#Cc1nc([C@H]2C[C@@H]2c2ccccc2)oc1NCc1ccccc1Cl. The van der Waals surface area contributed by atoms with Crippen molar-refractivity contribution >= 4 is 17.5 Å². The van der Waals surface area contributed by atoms with Gasteiger partial charge in [0.15, 0.2) is 0 Å². The van der Waals surface area contributed by atoms with Gasteiger partial charge in [0.25, 0.3) is 0 Å². The number of oxazole rings is 1. The van der Waals surface area contributed by atoms with Gasteiger partial charge in [-0.25, -0.2) is 4.98 Å². The molecule has 0 spiro atoms. The van der Waals surface area contributed by atoms with E-state index in [2.05, 4.69) is 28.5 Å². The predicted molar refractivity (Wildman–Crippen MR) is 96.5 cm³/mol. The number of rotatable bonds is 5. The summed E-state index contributed by atoms with van der Waals surface area (Å²) in [6.07, 6.45) is 0.999. The largest absolute Gasteiger partial charge is 0.424 e. The molecule has 0 radical (unpaired) electrons. The third-order valence-corrected chi connectivity index (χ3v) is 4.85. The first-order valence-corrected chi connectivity index (χ1v) is 8.57. The molecule has 2 aromatic carbocycles. The van der Waals surface area contributed by atoms with Crippen LogP contribution in [0.25, 0.3) is 0 Å². The van der Waals surface area contributed by atoms with E-state index in [1.54, 1.807) is 0 Å². The molecule has 3 aromatic rings. The Morgan fingerprint density at radius 3 is 2.64 bits per heavy atom. The summed E-state index contributed by atoms with van der Waals surface area (Å²) < 4.78 is 5.86. The van der Waals surface area contributed by atoms with Crippen LogP contribution in [0.2, 0.25) is 5.02 Å². The molecule has 0 saturated heterocycles. The highest BCUT2D eigenvalue weighted by molar-refractivity contribution is 6.31. The van der Waals surface area contributed by atoms with E-state index in [4.69, 9.17) is 16.0 Å². The molecule has 25 heavy (non-hydrogen) atoms. The first-order valence-electron chi connectivity index (χ1n) is 8.19. The van der Waals surface area contributed by atoms with E-state index >= 15 is 0 Å². The molecular weight excluding hydrogens is 334 g/mol. The average molecular weight is 350 g/mol. The van der Waals surface area contributed by atoms with E-state index in [1.807, 2.05) is 42.5 Å². The number of hydrogen-bond acceptors (Lipinski definition) is 4. The zero-order valence-corrected chi connectivity index (χ0v) is 14.2. The van der Waals surface area contributed by atoms with Crippen LogP contribution in [-0.4, -0.2) is 4.98 Å². The Hall–Kier alpha value is -2.77. The predicted octanol–water partition coefficient (Wildman–Crippen LogP) is 5.08. The first-order chi connectivity index (χ1) is 12.3. The van der Waals surface area contributed by atoms with Crippen molar-refractivity contribution in [1.29, 1.82) is 5.26 Å². The fraction of sp³-hybridized carbons (Fsp3) is 0.200. The third-order valence-electron chi connectivity index (χ3n) is 4.48. The molecule has 124 valence electrons. The lowest BCUT2D eigenvalue weighted by Gasteiger charge is -2.05. The summed E-state index contributed by atoms with van der Waals surface area (Å²) in [7, 11) is 0. The Labute approximate surface area is 151 Å². The molecule has 1 aliphatic rings. The van der Waals surface area contributed by atoms with Crippen molar-refractivity contribution < 1.29 is 4.42 Å². The van der Waals surface area contributed by atoms with Crippen LogP contribution in [0.4, 0.5) is 5.88 Å². The maximum absolute atomic E-state index is 9.33. The normalized spacial score (nSPS) is 18.6. The molecule has 1 heterocycles. The number of benzene rings is 2. The van der Waals surface area contributed by atoms with Gasteiger partial charge >= 0.3 is 0 Å². The van der Waals surface area contributed by atoms with Crippen LogP contribution in [0.15, 0.2) is 59.0 Å².